The highest BCUT2D eigenvalue weighted by molar-refractivity contribution is 6.74. The predicted octanol–water partition coefficient (Wildman–Crippen LogP) is 4.93. The SMILES string of the molecule is CC(C)(C)[Si](C)(C)OC[C@H]1O[C@@H](n2cnc3c(NCCO)ncnc32)C[C@@H]1O[Si](C)(C)C(C)(C)C. The Hall–Kier alpha value is -1.38. The maximum absolute atomic E-state index is 9.17. The Morgan fingerprint density at radius 2 is 1.71 bits per heavy atom. The van der Waals surface area contributed by atoms with E-state index in [0.29, 0.717) is 36.6 Å². The number of fused-ring (bicyclic) bond motifs is 1. The molecule has 198 valence electrons. The quantitative estimate of drug-likeness (QED) is 0.446. The summed E-state index contributed by atoms with van der Waals surface area (Å²) < 4.78 is 22.1. The van der Waals surface area contributed by atoms with Crippen molar-refractivity contribution in [2.45, 2.75) is 103 Å². The average Bonchev–Trinajstić information content (AvgIpc) is 3.33. The Kier molecular flexibility index (Phi) is 8.20. The molecule has 0 radical (unpaired) electrons. The smallest absolute Gasteiger partial charge is 0.192 e. The van der Waals surface area contributed by atoms with Crippen LogP contribution in [0.2, 0.25) is 36.3 Å². The molecule has 0 saturated carbocycles. The number of imidazole rings is 1. The molecule has 0 bridgehead atoms. The molecule has 3 atom stereocenters. The fraction of sp³-hybridized carbons (Fsp3) is 0.792. The number of rotatable bonds is 9. The maximum atomic E-state index is 9.17. The van der Waals surface area contributed by atoms with Gasteiger partial charge in [0, 0.05) is 13.0 Å². The Bertz CT molecular complexity index is 1000. The summed E-state index contributed by atoms with van der Waals surface area (Å²) in [5.41, 5.74) is 1.36. The van der Waals surface area contributed by atoms with Gasteiger partial charge >= 0.3 is 0 Å². The molecule has 0 unspecified atom stereocenters. The van der Waals surface area contributed by atoms with E-state index in [4.69, 9.17) is 13.6 Å². The molecule has 1 aliphatic rings. The number of ether oxygens (including phenoxy) is 1. The van der Waals surface area contributed by atoms with E-state index in [1.807, 2.05) is 4.57 Å². The number of aliphatic hydroxyl groups is 1. The van der Waals surface area contributed by atoms with Gasteiger partial charge in [0.05, 0.1) is 25.6 Å². The molecule has 2 N–H and O–H groups in total. The van der Waals surface area contributed by atoms with Crippen LogP contribution in [-0.2, 0) is 13.6 Å². The summed E-state index contributed by atoms with van der Waals surface area (Å²) >= 11 is 0. The molecule has 35 heavy (non-hydrogen) atoms. The van der Waals surface area contributed by atoms with Crippen molar-refractivity contribution in [1.82, 2.24) is 19.5 Å². The second-order valence-corrected chi connectivity index (χ2v) is 22.1. The van der Waals surface area contributed by atoms with Crippen molar-refractivity contribution in [3.63, 3.8) is 0 Å². The maximum Gasteiger partial charge on any atom is 0.192 e. The van der Waals surface area contributed by atoms with Crippen molar-refractivity contribution in [2.75, 3.05) is 25.1 Å². The summed E-state index contributed by atoms with van der Waals surface area (Å²) in [7, 11) is -3.97. The van der Waals surface area contributed by atoms with E-state index >= 15 is 0 Å². The van der Waals surface area contributed by atoms with Crippen LogP contribution < -0.4 is 5.32 Å². The molecule has 1 aliphatic heterocycles. The zero-order valence-electron chi connectivity index (χ0n) is 23.2. The minimum Gasteiger partial charge on any atom is -0.414 e. The van der Waals surface area contributed by atoms with E-state index in [-0.39, 0.29) is 35.1 Å². The van der Waals surface area contributed by atoms with Gasteiger partial charge in [-0.2, -0.15) is 0 Å². The molecule has 0 aliphatic carbocycles. The standard InChI is InChI=1S/C24H45N5O4Si2/c1-23(2,3)34(7,8)31-14-18-17(33-35(9,10)24(4,5)6)13-19(32-18)29-16-28-20-21(25-11-12-30)26-15-27-22(20)29/h15-19,30H,11-14H2,1-10H3,(H,25,26,27)/t17-,18+,19+/m0/s1. The van der Waals surface area contributed by atoms with Crippen molar-refractivity contribution in [3.8, 4) is 0 Å². The van der Waals surface area contributed by atoms with Gasteiger partial charge in [-0.25, -0.2) is 15.0 Å². The molecule has 1 saturated heterocycles. The summed E-state index contributed by atoms with van der Waals surface area (Å²) in [5, 5.41) is 12.5. The van der Waals surface area contributed by atoms with E-state index < -0.39 is 16.6 Å². The fourth-order valence-corrected chi connectivity index (χ4v) is 5.95. The molecule has 0 amide bonds. The van der Waals surface area contributed by atoms with Gasteiger partial charge in [-0.1, -0.05) is 41.5 Å². The molecule has 3 rings (SSSR count). The Morgan fingerprint density at radius 3 is 2.31 bits per heavy atom. The van der Waals surface area contributed by atoms with E-state index in [1.165, 1.54) is 6.33 Å². The predicted molar refractivity (Wildman–Crippen MR) is 145 cm³/mol. The van der Waals surface area contributed by atoms with Crippen LogP contribution in [0.4, 0.5) is 5.82 Å². The normalized spacial score (nSPS) is 22.2. The second-order valence-electron chi connectivity index (χ2n) is 12.5. The lowest BCUT2D eigenvalue weighted by Crippen LogP contribution is -2.48. The summed E-state index contributed by atoms with van der Waals surface area (Å²) in [6, 6.07) is 0. The largest absolute Gasteiger partial charge is 0.414 e. The first-order chi connectivity index (χ1) is 16.1. The number of hydrogen-bond donors (Lipinski definition) is 2. The highest BCUT2D eigenvalue weighted by atomic mass is 28.4. The van der Waals surface area contributed by atoms with Gasteiger partial charge in [0.2, 0.25) is 0 Å². The van der Waals surface area contributed by atoms with Crippen LogP contribution in [0.25, 0.3) is 11.2 Å². The Balaban J connectivity index is 1.88. The monoisotopic (exact) mass is 523 g/mol. The van der Waals surface area contributed by atoms with Crippen LogP contribution in [0.5, 0.6) is 0 Å². The van der Waals surface area contributed by atoms with Crippen LogP contribution in [0.3, 0.4) is 0 Å². The van der Waals surface area contributed by atoms with Gasteiger partial charge in [-0.3, -0.25) is 4.57 Å². The zero-order valence-corrected chi connectivity index (χ0v) is 25.2. The highest BCUT2D eigenvalue weighted by Gasteiger charge is 2.46. The van der Waals surface area contributed by atoms with Gasteiger partial charge in [0.1, 0.15) is 18.7 Å². The molecule has 0 aromatic carbocycles. The van der Waals surface area contributed by atoms with E-state index in [0.717, 1.165) is 0 Å². The number of nitrogens with zero attached hydrogens (tertiary/aromatic N) is 4. The van der Waals surface area contributed by atoms with Crippen LogP contribution in [-0.4, -0.2) is 73.2 Å². The van der Waals surface area contributed by atoms with Crippen LogP contribution in [0, 0.1) is 0 Å². The lowest BCUT2D eigenvalue weighted by atomic mass is 10.2. The molecule has 1 fully saturated rings. The lowest BCUT2D eigenvalue weighted by Gasteiger charge is -2.40. The van der Waals surface area contributed by atoms with Gasteiger partial charge < -0.3 is 24.0 Å². The highest BCUT2D eigenvalue weighted by Crippen LogP contribution is 2.43. The van der Waals surface area contributed by atoms with Crippen molar-refractivity contribution >= 4 is 33.6 Å². The first kappa shape index (κ1) is 28.2. The van der Waals surface area contributed by atoms with E-state index in [2.05, 4.69) is 88.0 Å². The average molecular weight is 524 g/mol. The minimum absolute atomic E-state index is 0.0142. The summed E-state index contributed by atoms with van der Waals surface area (Å²) in [5.74, 6) is 0.604. The molecule has 11 heteroatoms. The topological polar surface area (TPSA) is 104 Å². The number of aliphatic hydroxyl groups excluding tert-OH is 1. The Morgan fingerprint density at radius 1 is 1.06 bits per heavy atom. The molecule has 2 aromatic rings. The van der Waals surface area contributed by atoms with Crippen LogP contribution in [0.15, 0.2) is 12.7 Å². The Labute approximate surface area is 212 Å². The third-order valence-electron chi connectivity index (χ3n) is 7.92. The molecule has 0 spiro atoms. The third-order valence-corrected chi connectivity index (χ3v) is 16.9. The third kappa shape index (κ3) is 6.13. The van der Waals surface area contributed by atoms with E-state index in [1.54, 1.807) is 6.33 Å². The number of hydrogen-bond acceptors (Lipinski definition) is 8. The minimum atomic E-state index is -2.02. The van der Waals surface area contributed by atoms with Gasteiger partial charge in [0.15, 0.2) is 33.6 Å². The lowest BCUT2D eigenvalue weighted by molar-refractivity contribution is -0.0383. The van der Waals surface area contributed by atoms with Crippen molar-refractivity contribution in [3.05, 3.63) is 12.7 Å². The number of aromatic nitrogens is 4. The molecule has 2 aromatic heterocycles. The number of anilines is 1. The van der Waals surface area contributed by atoms with Gasteiger partial charge in [-0.05, 0) is 36.3 Å². The molecule has 9 nitrogen and oxygen atoms in total. The number of nitrogens with one attached hydrogen (secondary N) is 1. The van der Waals surface area contributed by atoms with Crippen LogP contribution in [0.1, 0.15) is 54.2 Å². The first-order valence-corrected chi connectivity index (χ1v) is 18.4. The van der Waals surface area contributed by atoms with Gasteiger partial charge in [0.25, 0.3) is 0 Å². The second kappa shape index (κ2) is 10.2. The van der Waals surface area contributed by atoms with Crippen molar-refractivity contribution < 1.29 is 18.7 Å². The first-order valence-electron chi connectivity index (χ1n) is 12.6. The molecular weight excluding hydrogens is 478 g/mol. The fourth-order valence-electron chi connectivity index (χ4n) is 3.57. The summed E-state index contributed by atoms with van der Waals surface area (Å²) in [6.07, 6.45) is 3.47. The molecule has 3 heterocycles. The zero-order chi connectivity index (χ0) is 26.2. The van der Waals surface area contributed by atoms with Crippen molar-refractivity contribution in [1.29, 1.82) is 0 Å². The summed E-state index contributed by atoms with van der Waals surface area (Å²) in [4.78, 5) is 13.3. The van der Waals surface area contributed by atoms with Crippen molar-refractivity contribution in [2.24, 2.45) is 0 Å². The summed E-state index contributed by atoms with van der Waals surface area (Å²) in [6.45, 7) is 23.6. The molecular formula is C24H45N5O4Si2. The van der Waals surface area contributed by atoms with Gasteiger partial charge in [-0.15, -0.1) is 0 Å². The van der Waals surface area contributed by atoms with Crippen LogP contribution >= 0.6 is 0 Å². The van der Waals surface area contributed by atoms with E-state index in [9.17, 15) is 5.11 Å².